The zero-order chi connectivity index (χ0) is 13.0. The van der Waals surface area contributed by atoms with Crippen molar-refractivity contribution >= 4 is 5.91 Å². The van der Waals surface area contributed by atoms with Crippen LogP contribution >= 0.6 is 0 Å². The fourth-order valence-electron chi connectivity index (χ4n) is 2.55. The van der Waals surface area contributed by atoms with Gasteiger partial charge in [-0.15, -0.1) is 0 Å². The SMILES string of the molecule is CC(NCC1(O)CCOC1)C(=O)N1CCCCC1. The average Bonchev–Trinajstić information content (AvgIpc) is 2.83. The Morgan fingerprint density at radius 1 is 1.44 bits per heavy atom. The monoisotopic (exact) mass is 256 g/mol. The first-order valence-corrected chi connectivity index (χ1v) is 6.93. The van der Waals surface area contributed by atoms with Gasteiger partial charge in [0.1, 0.15) is 5.60 Å². The van der Waals surface area contributed by atoms with Gasteiger partial charge in [0.2, 0.25) is 5.91 Å². The number of rotatable bonds is 4. The lowest BCUT2D eigenvalue weighted by Gasteiger charge is -2.30. The highest BCUT2D eigenvalue weighted by atomic mass is 16.5. The maximum Gasteiger partial charge on any atom is 0.239 e. The van der Waals surface area contributed by atoms with E-state index in [2.05, 4.69) is 5.32 Å². The second-order valence-electron chi connectivity index (χ2n) is 5.52. The van der Waals surface area contributed by atoms with Crippen LogP contribution in [-0.2, 0) is 9.53 Å². The van der Waals surface area contributed by atoms with Crippen LogP contribution < -0.4 is 5.32 Å². The molecule has 0 aromatic carbocycles. The summed E-state index contributed by atoms with van der Waals surface area (Å²) in [5, 5.41) is 13.3. The molecule has 0 spiro atoms. The second-order valence-corrected chi connectivity index (χ2v) is 5.52. The first kappa shape index (κ1) is 13.8. The third-order valence-corrected chi connectivity index (χ3v) is 3.86. The largest absolute Gasteiger partial charge is 0.386 e. The zero-order valence-corrected chi connectivity index (χ0v) is 11.2. The molecule has 2 N–H and O–H groups in total. The number of hydrogen-bond acceptors (Lipinski definition) is 4. The van der Waals surface area contributed by atoms with Gasteiger partial charge in [0.05, 0.1) is 12.6 Å². The summed E-state index contributed by atoms with van der Waals surface area (Å²) in [4.78, 5) is 14.1. The third-order valence-electron chi connectivity index (χ3n) is 3.86. The fourth-order valence-corrected chi connectivity index (χ4v) is 2.55. The number of amides is 1. The molecule has 0 radical (unpaired) electrons. The van der Waals surface area contributed by atoms with Crippen LogP contribution in [0.5, 0.6) is 0 Å². The Morgan fingerprint density at radius 2 is 2.17 bits per heavy atom. The van der Waals surface area contributed by atoms with Gasteiger partial charge in [0.25, 0.3) is 0 Å². The van der Waals surface area contributed by atoms with Crippen molar-refractivity contribution in [3.05, 3.63) is 0 Å². The molecule has 2 heterocycles. The van der Waals surface area contributed by atoms with E-state index in [4.69, 9.17) is 4.74 Å². The highest BCUT2D eigenvalue weighted by Gasteiger charge is 2.33. The first-order chi connectivity index (χ1) is 8.61. The lowest BCUT2D eigenvalue weighted by atomic mass is 10.0. The molecule has 5 heteroatoms. The minimum absolute atomic E-state index is 0.150. The van der Waals surface area contributed by atoms with Crippen molar-refractivity contribution in [2.45, 2.75) is 44.2 Å². The van der Waals surface area contributed by atoms with Crippen LogP contribution in [0.1, 0.15) is 32.6 Å². The second kappa shape index (κ2) is 5.99. The maximum absolute atomic E-state index is 12.2. The molecule has 0 aliphatic carbocycles. The van der Waals surface area contributed by atoms with Crippen molar-refractivity contribution in [2.24, 2.45) is 0 Å². The van der Waals surface area contributed by atoms with E-state index in [0.29, 0.717) is 26.2 Å². The highest BCUT2D eigenvalue weighted by Crippen LogP contribution is 2.17. The molecule has 0 aromatic heterocycles. The Balaban J connectivity index is 1.76. The first-order valence-electron chi connectivity index (χ1n) is 6.93. The lowest BCUT2D eigenvalue weighted by molar-refractivity contribution is -0.134. The number of carbonyl (C=O) groups is 1. The van der Waals surface area contributed by atoms with E-state index in [-0.39, 0.29) is 11.9 Å². The Kier molecular flexibility index (Phi) is 4.59. The van der Waals surface area contributed by atoms with E-state index in [1.165, 1.54) is 6.42 Å². The van der Waals surface area contributed by atoms with Crippen molar-refractivity contribution < 1.29 is 14.6 Å². The van der Waals surface area contributed by atoms with Gasteiger partial charge in [-0.05, 0) is 26.2 Å². The summed E-state index contributed by atoms with van der Waals surface area (Å²) < 4.78 is 5.18. The Bertz CT molecular complexity index is 284. The molecule has 0 bridgehead atoms. The molecule has 2 fully saturated rings. The van der Waals surface area contributed by atoms with E-state index < -0.39 is 5.60 Å². The van der Waals surface area contributed by atoms with Crippen molar-refractivity contribution in [2.75, 3.05) is 32.8 Å². The Hall–Kier alpha value is -0.650. The van der Waals surface area contributed by atoms with Crippen LogP contribution in [0.4, 0.5) is 0 Å². The fraction of sp³-hybridized carbons (Fsp3) is 0.923. The number of piperidine rings is 1. The van der Waals surface area contributed by atoms with Crippen molar-refractivity contribution in [1.29, 1.82) is 0 Å². The van der Waals surface area contributed by atoms with Gasteiger partial charge in [-0.1, -0.05) is 0 Å². The molecule has 2 rings (SSSR count). The quantitative estimate of drug-likeness (QED) is 0.750. The van der Waals surface area contributed by atoms with E-state index in [0.717, 1.165) is 25.9 Å². The van der Waals surface area contributed by atoms with Gasteiger partial charge in [0, 0.05) is 32.7 Å². The summed E-state index contributed by atoms with van der Waals surface area (Å²) >= 11 is 0. The van der Waals surface area contributed by atoms with Gasteiger partial charge < -0.3 is 20.1 Å². The summed E-state index contributed by atoms with van der Waals surface area (Å²) in [6.45, 7) is 5.01. The van der Waals surface area contributed by atoms with Crippen LogP contribution in [0.2, 0.25) is 0 Å². The smallest absolute Gasteiger partial charge is 0.239 e. The van der Waals surface area contributed by atoms with Gasteiger partial charge in [-0.25, -0.2) is 0 Å². The van der Waals surface area contributed by atoms with Crippen LogP contribution in [0, 0.1) is 0 Å². The third kappa shape index (κ3) is 3.43. The molecule has 1 amide bonds. The Morgan fingerprint density at radius 3 is 2.78 bits per heavy atom. The van der Waals surface area contributed by atoms with Crippen LogP contribution in [0.3, 0.4) is 0 Å². The summed E-state index contributed by atoms with van der Waals surface area (Å²) in [7, 11) is 0. The van der Waals surface area contributed by atoms with Crippen LogP contribution in [0.25, 0.3) is 0 Å². The number of likely N-dealkylation sites (tertiary alicyclic amines) is 1. The van der Waals surface area contributed by atoms with E-state index in [1.54, 1.807) is 0 Å². The maximum atomic E-state index is 12.2. The number of nitrogens with zero attached hydrogens (tertiary/aromatic N) is 1. The van der Waals surface area contributed by atoms with E-state index in [1.807, 2.05) is 11.8 Å². The number of aliphatic hydroxyl groups is 1. The number of carbonyl (C=O) groups excluding carboxylic acids is 1. The molecule has 104 valence electrons. The molecule has 2 aliphatic rings. The average molecular weight is 256 g/mol. The van der Waals surface area contributed by atoms with Crippen molar-refractivity contribution in [1.82, 2.24) is 10.2 Å². The molecule has 0 aromatic rings. The van der Waals surface area contributed by atoms with Crippen LogP contribution in [0.15, 0.2) is 0 Å². The number of ether oxygens (including phenoxy) is 1. The molecule has 18 heavy (non-hydrogen) atoms. The normalized spacial score (nSPS) is 30.4. The zero-order valence-electron chi connectivity index (χ0n) is 11.2. The molecule has 2 unspecified atom stereocenters. The molecular weight excluding hydrogens is 232 g/mol. The minimum Gasteiger partial charge on any atom is -0.386 e. The van der Waals surface area contributed by atoms with Gasteiger partial charge in [0.15, 0.2) is 0 Å². The van der Waals surface area contributed by atoms with Gasteiger partial charge in [-0.3, -0.25) is 4.79 Å². The molecule has 5 nitrogen and oxygen atoms in total. The van der Waals surface area contributed by atoms with E-state index >= 15 is 0 Å². The number of hydrogen-bond donors (Lipinski definition) is 2. The predicted molar refractivity (Wildman–Crippen MR) is 68.3 cm³/mol. The predicted octanol–water partition coefficient (Wildman–Crippen LogP) is 0.128. The minimum atomic E-state index is -0.795. The van der Waals surface area contributed by atoms with Crippen molar-refractivity contribution in [3.8, 4) is 0 Å². The molecule has 2 atom stereocenters. The Labute approximate surface area is 108 Å². The summed E-state index contributed by atoms with van der Waals surface area (Å²) in [5.74, 6) is 0.150. The molecule has 2 saturated heterocycles. The molecule has 2 aliphatic heterocycles. The lowest BCUT2D eigenvalue weighted by Crippen LogP contribution is -2.51. The van der Waals surface area contributed by atoms with Gasteiger partial charge in [-0.2, -0.15) is 0 Å². The summed E-state index contributed by atoms with van der Waals surface area (Å²) in [5.41, 5.74) is -0.795. The van der Waals surface area contributed by atoms with Crippen LogP contribution in [-0.4, -0.2) is 60.4 Å². The standard InChI is InChI=1S/C13H24N2O3/c1-11(12(16)15-6-3-2-4-7-15)14-9-13(17)5-8-18-10-13/h11,14,17H,2-10H2,1H3. The number of nitrogens with one attached hydrogen (secondary N) is 1. The molecular formula is C13H24N2O3. The highest BCUT2D eigenvalue weighted by molar-refractivity contribution is 5.81. The summed E-state index contributed by atoms with van der Waals surface area (Å²) in [6, 6.07) is -0.229. The van der Waals surface area contributed by atoms with Crippen molar-refractivity contribution in [3.63, 3.8) is 0 Å². The molecule has 0 saturated carbocycles. The van der Waals surface area contributed by atoms with Gasteiger partial charge >= 0.3 is 0 Å². The topological polar surface area (TPSA) is 61.8 Å². The summed E-state index contributed by atoms with van der Waals surface area (Å²) in [6.07, 6.45) is 4.08. The van der Waals surface area contributed by atoms with E-state index in [9.17, 15) is 9.90 Å².